The molecular formula is C36H37Cl2F2N3O3. The van der Waals surface area contributed by atoms with Crippen molar-refractivity contribution in [2.45, 2.75) is 51.6 Å². The summed E-state index contributed by atoms with van der Waals surface area (Å²) in [6, 6.07) is 13.7. The van der Waals surface area contributed by atoms with Crippen LogP contribution in [0.5, 0.6) is 0 Å². The molecule has 3 aromatic carbocycles. The van der Waals surface area contributed by atoms with E-state index in [1.807, 2.05) is 0 Å². The van der Waals surface area contributed by atoms with Crippen LogP contribution in [0.4, 0.5) is 14.5 Å². The van der Waals surface area contributed by atoms with Crippen molar-refractivity contribution in [2.75, 3.05) is 19.0 Å². The van der Waals surface area contributed by atoms with E-state index in [1.54, 1.807) is 60.7 Å². The van der Waals surface area contributed by atoms with Gasteiger partial charge in [-0.15, -0.1) is 0 Å². The molecule has 0 aromatic heterocycles. The van der Waals surface area contributed by atoms with Crippen LogP contribution in [0.25, 0.3) is 10.8 Å². The third-order valence-corrected chi connectivity index (χ3v) is 9.40. The molecule has 242 valence electrons. The molecule has 4 N–H and O–H groups in total. The minimum absolute atomic E-state index is 0.00970. The smallest absolute Gasteiger partial charge is 0.337 e. The van der Waals surface area contributed by atoms with Crippen LogP contribution in [-0.2, 0) is 9.53 Å². The summed E-state index contributed by atoms with van der Waals surface area (Å²) in [5.41, 5.74) is 7.07. The fourth-order valence-corrected chi connectivity index (χ4v) is 7.24. The second-order valence-corrected chi connectivity index (χ2v) is 13.9. The molecule has 1 saturated heterocycles. The van der Waals surface area contributed by atoms with Gasteiger partial charge in [0.15, 0.2) is 0 Å². The number of hydrogen-bond acceptors (Lipinski definition) is 5. The summed E-state index contributed by atoms with van der Waals surface area (Å²) in [5.74, 6) is -2.85. The summed E-state index contributed by atoms with van der Waals surface area (Å²) in [7, 11) is 1.32. The number of nitrogens with two attached hydrogens (primary N) is 1. The van der Waals surface area contributed by atoms with Gasteiger partial charge in [0.25, 0.3) is 0 Å². The van der Waals surface area contributed by atoms with Crippen molar-refractivity contribution in [3.8, 4) is 0 Å². The molecular weight excluding hydrogens is 631 g/mol. The van der Waals surface area contributed by atoms with Gasteiger partial charge in [-0.2, -0.15) is 0 Å². The Hall–Kier alpha value is -3.56. The van der Waals surface area contributed by atoms with Crippen LogP contribution in [0.15, 0.2) is 89.3 Å². The van der Waals surface area contributed by atoms with Gasteiger partial charge in [-0.3, -0.25) is 4.79 Å². The Kier molecular flexibility index (Phi) is 9.76. The average molecular weight is 669 g/mol. The van der Waals surface area contributed by atoms with E-state index >= 15 is 8.78 Å². The maximum atomic E-state index is 16.0. The van der Waals surface area contributed by atoms with Crippen molar-refractivity contribution in [1.29, 1.82) is 0 Å². The number of rotatable bonds is 7. The molecule has 0 bridgehead atoms. The molecule has 1 aliphatic heterocycles. The van der Waals surface area contributed by atoms with Gasteiger partial charge in [0.2, 0.25) is 5.91 Å². The first kappa shape index (κ1) is 33.8. The summed E-state index contributed by atoms with van der Waals surface area (Å²) in [4.78, 5) is 26.3. The first-order valence-electron chi connectivity index (χ1n) is 15.0. The van der Waals surface area contributed by atoms with Gasteiger partial charge >= 0.3 is 5.97 Å². The molecule has 2 aliphatic rings. The van der Waals surface area contributed by atoms with Gasteiger partial charge in [-0.1, -0.05) is 79.9 Å². The van der Waals surface area contributed by atoms with E-state index in [1.165, 1.54) is 19.3 Å². The standard InChI is InChI=1S/C36H37Cl2F2N3O3/c1-35(2,3)18-29-36(19-41,23-11-12-24(37)17-25(39)16-23)30(27-6-5-7-28(38)31(27)40)32(43-29)33(44)42-26-13-10-20-14-22(34(45)46-4)9-8-21(20)15-26/h5-15,17,29-30,32,43H,16,18-19,41H2,1-4H3,(H,42,44)/t29-,30-,32+,36-/m0/s1. The van der Waals surface area contributed by atoms with Crippen molar-refractivity contribution in [3.05, 3.63) is 111 Å². The first-order chi connectivity index (χ1) is 21.8. The van der Waals surface area contributed by atoms with Gasteiger partial charge in [-0.25, -0.2) is 13.6 Å². The summed E-state index contributed by atoms with van der Waals surface area (Å²) < 4.78 is 36.1. The van der Waals surface area contributed by atoms with Crippen LogP contribution in [-0.4, -0.2) is 37.6 Å². The number of hydrogen-bond donors (Lipinski definition) is 3. The third-order valence-electron chi connectivity index (χ3n) is 8.87. The molecule has 0 radical (unpaired) electrons. The number of nitrogens with one attached hydrogen (secondary N) is 2. The SMILES string of the molecule is COC(=O)c1ccc2cc(NC(=O)[C@@H]3N[C@@H](CC(C)(C)C)[C@](CN)(C4=CC=C(Cl)C=C(F)C4)[C@H]3c3cccc(Cl)c3F)ccc2c1. The molecule has 1 amide bonds. The summed E-state index contributed by atoms with van der Waals surface area (Å²) in [6.45, 7) is 6.19. The van der Waals surface area contributed by atoms with Crippen molar-refractivity contribution in [1.82, 2.24) is 5.32 Å². The van der Waals surface area contributed by atoms with Crippen LogP contribution in [0, 0.1) is 16.6 Å². The number of carbonyl (C=O) groups is 2. The molecule has 4 atom stereocenters. The third kappa shape index (κ3) is 6.63. The van der Waals surface area contributed by atoms with E-state index in [-0.39, 0.29) is 34.0 Å². The molecule has 10 heteroatoms. The number of benzene rings is 3. The molecule has 0 unspecified atom stereocenters. The van der Waals surface area contributed by atoms with Crippen molar-refractivity contribution < 1.29 is 23.1 Å². The summed E-state index contributed by atoms with van der Waals surface area (Å²) >= 11 is 12.6. The van der Waals surface area contributed by atoms with Crippen LogP contribution < -0.4 is 16.4 Å². The number of fused-ring (bicyclic) bond motifs is 1. The van der Waals surface area contributed by atoms with E-state index < -0.39 is 46.9 Å². The van der Waals surface area contributed by atoms with Crippen LogP contribution in [0.1, 0.15) is 55.5 Å². The maximum Gasteiger partial charge on any atom is 0.337 e. The number of anilines is 1. The lowest BCUT2D eigenvalue weighted by atomic mass is 9.60. The molecule has 0 saturated carbocycles. The normalized spacial score (nSPS) is 23.3. The Morgan fingerprint density at radius 1 is 1.07 bits per heavy atom. The minimum Gasteiger partial charge on any atom is -0.465 e. The highest BCUT2D eigenvalue weighted by atomic mass is 35.5. The number of amides is 1. The zero-order valence-corrected chi connectivity index (χ0v) is 27.6. The Morgan fingerprint density at radius 2 is 1.78 bits per heavy atom. The minimum atomic E-state index is -1.10. The second kappa shape index (κ2) is 13.3. The number of ether oxygens (including phenoxy) is 1. The predicted octanol–water partition coefficient (Wildman–Crippen LogP) is 8.17. The lowest BCUT2D eigenvalue weighted by molar-refractivity contribution is -0.118. The fraction of sp³-hybridized carbons (Fsp3) is 0.333. The molecule has 0 spiro atoms. The average Bonchev–Trinajstić information content (AvgIpc) is 3.21. The zero-order chi connectivity index (χ0) is 33.4. The second-order valence-electron chi connectivity index (χ2n) is 13.1. The number of esters is 1. The molecule has 1 fully saturated rings. The highest BCUT2D eigenvalue weighted by Crippen LogP contribution is 2.56. The number of halogens is 4. The van der Waals surface area contributed by atoms with Crippen molar-refractivity contribution in [2.24, 2.45) is 16.6 Å². The van der Waals surface area contributed by atoms with E-state index in [0.717, 1.165) is 10.8 Å². The molecule has 5 rings (SSSR count). The van der Waals surface area contributed by atoms with Crippen molar-refractivity contribution >= 4 is 51.5 Å². The van der Waals surface area contributed by atoms with Gasteiger partial charge in [0, 0.05) is 41.1 Å². The van der Waals surface area contributed by atoms with Gasteiger partial charge in [-0.05, 0) is 70.7 Å². The van der Waals surface area contributed by atoms with E-state index in [0.29, 0.717) is 23.2 Å². The van der Waals surface area contributed by atoms with Crippen LogP contribution in [0.3, 0.4) is 0 Å². The Labute approximate surface area is 277 Å². The van der Waals surface area contributed by atoms with Crippen LogP contribution >= 0.6 is 23.2 Å². The highest BCUT2D eigenvalue weighted by molar-refractivity contribution is 6.31. The van der Waals surface area contributed by atoms with Crippen molar-refractivity contribution in [3.63, 3.8) is 0 Å². The Balaban J connectivity index is 1.63. The lowest BCUT2D eigenvalue weighted by Gasteiger charge is -2.43. The molecule has 6 nitrogen and oxygen atoms in total. The molecule has 46 heavy (non-hydrogen) atoms. The van der Waals surface area contributed by atoms with E-state index in [9.17, 15) is 9.59 Å². The molecule has 1 heterocycles. The van der Waals surface area contributed by atoms with E-state index in [2.05, 4.69) is 31.4 Å². The summed E-state index contributed by atoms with van der Waals surface area (Å²) in [6.07, 6.45) is 5.05. The van der Waals surface area contributed by atoms with Gasteiger partial charge in [0.1, 0.15) is 11.6 Å². The summed E-state index contributed by atoms with van der Waals surface area (Å²) in [5, 5.41) is 8.23. The Bertz CT molecular complexity index is 1780. The van der Waals surface area contributed by atoms with E-state index in [4.69, 9.17) is 33.7 Å². The monoisotopic (exact) mass is 667 g/mol. The number of allylic oxidation sites excluding steroid dienone is 5. The maximum absolute atomic E-state index is 16.0. The van der Waals surface area contributed by atoms with Crippen LogP contribution in [0.2, 0.25) is 5.02 Å². The number of methoxy groups -OCH3 is 1. The molecule has 1 aliphatic carbocycles. The van der Waals surface area contributed by atoms with Gasteiger partial charge in [0.05, 0.1) is 23.7 Å². The largest absolute Gasteiger partial charge is 0.465 e. The molecule has 3 aromatic rings. The quantitative estimate of drug-likeness (QED) is 0.221. The fourth-order valence-electron chi connectivity index (χ4n) is 6.88. The topological polar surface area (TPSA) is 93.4 Å². The zero-order valence-electron chi connectivity index (χ0n) is 26.1. The number of carbonyl (C=O) groups excluding carboxylic acids is 2. The highest BCUT2D eigenvalue weighted by Gasteiger charge is 2.59. The predicted molar refractivity (Wildman–Crippen MR) is 180 cm³/mol. The van der Waals surface area contributed by atoms with Gasteiger partial charge < -0.3 is 21.1 Å². The lowest BCUT2D eigenvalue weighted by Crippen LogP contribution is -2.48. The Morgan fingerprint density at radius 3 is 2.48 bits per heavy atom. The first-order valence-corrected chi connectivity index (χ1v) is 15.8.